The topological polar surface area (TPSA) is 128 Å². The minimum absolute atomic E-state index is 0.0412. The lowest BCUT2D eigenvalue weighted by Gasteiger charge is -2.33. The molecule has 1 aliphatic carbocycles. The van der Waals surface area contributed by atoms with Gasteiger partial charge in [-0.05, 0) is 51.0 Å². The molecule has 0 bridgehead atoms. The molecule has 250 valence electrons. The van der Waals surface area contributed by atoms with E-state index in [9.17, 15) is 31.5 Å². The number of aromatic nitrogens is 6. The minimum Gasteiger partial charge on any atom is -0.381 e. The van der Waals surface area contributed by atoms with Crippen LogP contribution in [0.4, 0.5) is 22.0 Å². The van der Waals surface area contributed by atoms with E-state index in [1.807, 2.05) is 6.92 Å². The Labute approximate surface area is 261 Å². The highest BCUT2D eigenvalue weighted by Gasteiger charge is 2.45. The van der Waals surface area contributed by atoms with Crippen molar-refractivity contribution in [3.05, 3.63) is 41.2 Å². The summed E-state index contributed by atoms with van der Waals surface area (Å²) >= 11 is 0. The monoisotopic (exact) mass is 652 g/mol. The predicted octanol–water partition coefficient (Wildman–Crippen LogP) is 4.39. The van der Waals surface area contributed by atoms with Crippen LogP contribution in [-0.2, 0) is 22.5 Å². The molecule has 5 heterocycles. The van der Waals surface area contributed by atoms with E-state index in [1.54, 1.807) is 12.3 Å². The van der Waals surface area contributed by atoms with E-state index in [0.717, 1.165) is 0 Å². The Morgan fingerprint density at radius 3 is 2.61 bits per heavy atom. The molecule has 2 N–H and O–H groups in total. The number of piperidine rings is 1. The second-order valence-corrected chi connectivity index (χ2v) is 12.5. The minimum atomic E-state index is -4.44. The highest BCUT2D eigenvalue weighted by molar-refractivity contribution is 5.92. The van der Waals surface area contributed by atoms with E-state index in [1.165, 1.54) is 15.4 Å². The van der Waals surface area contributed by atoms with Gasteiger partial charge in [0.2, 0.25) is 11.8 Å². The SMILES string of the molecule is CCn1nccc1C(=O)NC(c1cn2nc(CC3CC(C(F)(F)F)CNC3=O)c(C3CCOCC3)nc2n1)C1CCC(F)(F)CC1. The fraction of sp³-hybridized carbons (Fsp3) is 0.667. The summed E-state index contributed by atoms with van der Waals surface area (Å²) in [4.78, 5) is 35.6. The van der Waals surface area contributed by atoms with Gasteiger partial charge in [0, 0.05) is 63.6 Å². The molecule has 1 saturated carbocycles. The maximum absolute atomic E-state index is 14.1. The molecule has 2 amide bonds. The van der Waals surface area contributed by atoms with Crippen molar-refractivity contribution in [3.63, 3.8) is 0 Å². The van der Waals surface area contributed by atoms with Crippen LogP contribution in [0.2, 0.25) is 0 Å². The highest BCUT2D eigenvalue weighted by Crippen LogP contribution is 2.42. The molecule has 2 saturated heterocycles. The molecule has 3 fully saturated rings. The number of amides is 2. The van der Waals surface area contributed by atoms with Crippen molar-refractivity contribution in [2.24, 2.45) is 17.8 Å². The van der Waals surface area contributed by atoms with E-state index in [2.05, 4.69) is 15.7 Å². The Bertz CT molecular complexity index is 1560. The van der Waals surface area contributed by atoms with Gasteiger partial charge in [-0.1, -0.05) is 0 Å². The lowest BCUT2D eigenvalue weighted by atomic mass is 9.81. The van der Waals surface area contributed by atoms with Crippen molar-refractivity contribution in [2.45, 2.75) is 88.9 Å². The maximum atomic E-state index is 14.1. The number of carbonyl (C=O) groups excluding carboxylic acids is 2. The summed E-state index contributed by atoms with van der Waals surface area (Å²) in [5.74, 6) is -6.51. The summed E-state index contributed by atoms with van der Waals surface area (Å²) in [6.45, 7) is 2.80. The Morgan fingerprint density at radius 2 is 1.91 bits per heavy atom. The maximum Gasteiger partial charge on any atom is 0.393 e. The quantitative estimate of drug-likeness (QED) is 0.346. The molecule has 0 aromatic carbocycles. The number of nitrogens with zero attached hydrogens (tertiary/aromatic N) is 6. The first-order valence-electron chi connectivity index (χ1n) is 15.8. The first kappa shape index (κ1) is 32.3. The molecule has 0 radical (unpaired) electrons. The zero-order chi connectivity index (χ0) is 32.6. The van der Waals surface area contributed by atoms with Crippen molar-refractivity contribution < 1.29 is 36.3 Å². The number of carbonyl (C=O) groups is 2. The summed E-state index contributed by atoms with van der Waals surface area (Å²) in [5.41, 5.74) is 1.66. The highest BCUT2D eigenvalue weighted by atomic mass is 19.4. The Balaban J connectivity index is 1.35. The van der Waals surface area contributed by atoms with E-state index < -0.39 is 48.3 Å². The van der Waals surface area contributed by atoms with Gasteiger partial charge in [-0.3, -0.25) is 14.3 Å². The first-order chi connectivity index (χ1) is 21.9. The van der Waals surface area contributed by atoms with Gasteiger partial charge >= 0.3 is 6.18 Å². The fourth-order valence-electron chi connectivity index (χ4n) is 6.86. The molecule has 6 rings (SSSR count). The van der Waals surface area contributed by atoms with Crippen LogP contribution in [0.25, 0.3) is 5.78 Å². The van der Waals surface area contributed by atoms with Gasteiger partial charge in [0.05, 0.1) is 35.2 Å². The number of rotatable bonds is 8. The van der Waals surface area contributed by atoms with Crippen molar-refractivity contribution in [1.29, 1.82) is 0 Å². The molecular weight excluding hydrogens is 615 g/mol. The van der Waals surface area contributed by atoms with Crippen molar-refractivity contribution >= 4 is 17.6 Å². The summed E-state index contributed by atoms with van der Waals surface area (Å²) in [7, 11) is 0. The Morgan fingerprint density at radius 1 is 1.17 bits per heavy atom. The first-order valence-corrected chi connectivity index (χ1v) is 15.8. The second kappa shape index (κ2) is 12.8. The van der Waals surface area contributed by atoms with E-state index in [-0.39, 0.29) is 56.1 Å². The Kier molecular flexibility index (Phi) is 9.00. The number of nitrogens with one attached hydrogen (secondary N) is 2. The van der Waals surface area contributed by atoms with Crippen molar-refractivity contribution in [1.82, 2.24) is 40.0 Å². The number of hydrogen-bond donors (Lipinski definition) is 2. The Hall–Kier alpha value is -3.69. The van der Waals surface area contributed by atoms with Gasteiger partial charge in [-0.15, -0.1) is 0 Å². The lowest BCUT2D eigenvalue weighted by Crippen LogP contribution is -2.47. The van der Waals surface area contributed by atoms with Gasteiger partial charge in [0.1, 0.15) is 5.69 Å². The molecule has 3 aliphatic rings. The average molecular weight is 653 g/mol. The van der Waals surface area contributed by atoms with Crippen LogP contribution in [0.15, 0.2) is 18.5 Å². The van der Waals surface area contributed by atoms with Crippen LogP contribution < -0.4 is 10.6 Å². The summed E-state index contributed by atoms with van der Waals surface area (Å²) in [6, 6.07) is 0.841. The van der Waals surface area contributed by atoms with Gasteiger partial charge in [0.25, 0.3) is 11.7 Å². The second-order valence-electron chi connectivity index (χ2n) is 12.5. The van der Waals surface area contributed by atoms with Crippen LogP contribution in [0.5, 0.6) is 0 Å². The van der Waals surface area contributed by atoms with Crippen LogP contribution >= 0.6 is 0 Å². The van der Waals surface area contributed by atoms with Crippen LogP contribution in [-0.4, -0.2) is 73.0 Å². The molecule has 0 spiro atoms. The summed E-state index contributed by atoms with van der Waals surface area (Å²) < 4.78 is 77.4. The van der Waals surface area contributed by atoms with Crippen LogP contribution in [0.3, 0.4) is 0 Å². The molecular formula is C30H37F5N8O3. The van der Waals surface area contributed by atoms with Gasteiger partial charge in [-0.2, -0.15) is 23.4 Å². The van der Waals surface area contributed by atoms with E-state index in [0.29, 0.717) is 55.4 Å². The summed E-state index contributed by atoms with van der Waals surface area (Å²) in [5, 5.41) is 14.3. The smallest absolute Gasteiger partial charge is 0.381 e. The standard InChI is InChI=1S/C30H37F5N8O3/c1-2-42-23(5-10-37-42)27(45)39-25(17-3-8-29(31,32)9-4-17)22-16-43-28(38-22)40-24(18-6-11-46-12-7-18)21(41-43)14-19-13-20(30(33,34)35)15-36-26(19)44/h5,10,16-20,25H,2-4,6-9,11-15H2,1H3,(H,36,44)(H,39,45). The number of imidazole rings is 1. The number of alkyl halides is 5. The van der Waals surface area contributed by atoms with Crippen molar-refractivity contribution in [2.75, 3.05) is 19.8 Å². The average Bonchev–Trinajstić information content (AvgIpc) is 3.67. The molecule has 11 nitrogen and oxygen atoms in total. The van der Waals surface area contributed by atoms with Gasteiger partial charge < -0.3 is 15.4 Å². The van der Waals surface area contributed by atoms with Gasteiger partial charge in [-0.25, -0.2) is 23.3 Å². The number of ether oxygens (including phenoxy) is 1. The van der Waals surface area contributed by atoms with E-state index >= 15 is 0 Å². The van der Waals surface area contributed by atoms with Gasteiger partial charge in [0.15, 0.2) is 0 Å². The number of aryl methyl sites for hydroxylation is 1. The lowest BCUT2D eigenvalue weighted by molar-refractivity contribution is -0.183. The molecule has 46 heavy (non-hydrogen) atoms. The molecule has 3 aromatic heterocycles. The molecule has 2 aliphatic heterocycles. The zero-order valence-electron chi connectivity index (χ0n) is 25.4. The molecule has 16 heteroatoms. The van der Waals surface area contributed by atoms with E-state index in [4.69, 9.17) is 19.8 Å². The van der Waals surface area contributed by atoms with Crippen LogP contribution in [0.1, 0.15) is 91.4 Å². The zero-order valence-corrected chi connectivity index (χ0v) is 25.4. The number of hydrogen-bond acceptors (Lipinski definition) is 7. The third-order valence-electron chi connectivity index (χ3n) is 9.49. The van der Waals surface area contributed by atoms with Crippen molar-refractivity contribution in [3.8, 4) is 0 Å². The third kappa shape index (κ3) is 6.86. The molecule has 3 aromatic rings. The number of halogens is 5. The fourth-order valence-corrected chi connectivity index (χ4v) is 6.86. The van der Waals surface area contributed by atoms with Crippen LogP contribution in [0, 0.1) is 17.8 Å². The predicted molar refractivity (Wildman–Crippen MR) is 153 cm³/mol. The molecule has 3 unspecified atom stereocenters. The third-order valence-corrected chi connectivity index (χ3v) is 9.49. The summed E-state index contributed by atoms with van der Waals surface area (Å²) in [6.07, 6.45) is -0.827. The normalized spacial score (nSPS) is 23.7. The molecule has 3 atom stereocenters. The largest absolute Gasteiger partial charge is 0.393 e. The number of fused-ring (bicyclic) bond motifs is 1.